The van der Waals surface area contributed by atoms with Gasteiger partial charge in [-0.25, -0.2) is 4.57 Å². The molecule has 4 rings (SSSR count). The van der Waals surface area contributed by atoms with Crippen LogP contribution in [0.15, 0.2) is 72.9 Å². The van der Waals surface area contributed by atoms with E-state index in [1.807, 2.05) is 0 Å². The molecule has 146 valence electrons. The van der Waals surface area contributed by atoms with Crippen molar-refractivity contribution in [2.45, 2.75) is 40.0 Å². The Bertz CT molecular complexity index is 1210. The minimum atomic E-state index is 0.0591. The number of aryl methyl sites for hydroxylation is 2. The summed E-state index contributed by atoms with van der Waals surface area (Å²) in [7, 11) is 2.12. The first-order valence-electron chi connectivity index (χ1n) is 10.3. The fraction of sp³-hybridized carbons (Fsp3) is 0.259. The predicted octanol–water partition coefficient (Wildman–Crippen LogP) is 5.52. The smallest absolute Gasteiger partial charge is 0.201 e. The van der Waals surface area contributed by atoms with Gasteiger partial charge in [0, 0.05) is 48.2 Å². The Kier molecular flexibility index (Phi) is 4.74. The summed E-state index contributed by atoms with van der Waals surface area (Å²) in [4.78, 5) is 0. The number of hydrogen-bond donors (Lipinski definition) is 0. The van der Waals surface area contributed by atoms with E-state index in [0.717, 1.165) is 0 Å². The Hall–Kier alpha value is -3.00. The standard InChI is InChI=1S/C27H30N2/c1-19-14-15-21-11-7-8-12-24(21)29(19)26-18-22(27(3,4)5)17-23(20(26)2)25-13-9-10-16-28(25)6/h7-18H,1-6H3/q+2. The minimum absolute atomic E-state index is 0.0591. The van der Waals surface area contributed by atoms with Gasteiger partial charge in [0.1, 0.15) is 7.05 Å². The predicted molar refractivity (Wildman–Crippen MR) is 120 cm³/mol. The van der Waals surface area contributed by atoms with Crippen LogP contribution in [-0.4, -0.2) is 0 Å². The molecule has 29 heavy (non-hydrogen) atoms. The van der Waals surface area contributed by atoms with Crippen molar-refractivity contribution in [2.24, 2.45) is 7.05 Å². The van der Waals surface area contributed by atoms with Crippen molar-refractivity contribution >= 4 is 10.9 Å². The number of aromatic nitrogens is 2. The second-order valence-corrected chi connectivity index (χ2v) is 8.98. The maximum Gasteiger partial charge on any atom is 0.218 e. The number of pyridine rings is 2. The molecule has 0 aliphatic rings. The van der Waals surface area contributed by atoms with Crippen LogP contribution in [0.1, 0.15) is 37.6 Å². The van der Waals surface area contributed by atoms with Gasteiger partial charge in [0.25, 0.3) is 0 Å². The van der Waals surface area contributed by atoms with E-state index in [2.05, 4.69) is 124 Å². The lowest BCUT2D eigenvalue weighted by molar-refractivity contribution is -0.660. The molecule has 0 saturated heterocycles. The summed E-state index contributed by atoms with van der Waals surface area (Å²) in [6.07, 6.45) is 2.12. The van der Waals surface area contributed by atoms with Gasteiger partial charge in [-0.05, 0) is 42.2 Å². The molecule has 2 aromatic heterocycles. The molecular formula is C27H30N2+2. The lowest BCUT2D eigenvalue weighted by Crippen LogP contribution is -2.37. The highest BCUT2D eigenvalue weighted by atomic mass is 15.0. The number of benzene rings is 2. The summed E-state index contributed by atoms with van der Waals surface area (Å²) >= 11 is 0. The van der Waals surface area contributed by atoms with E-state index in [0.29, 0.717) is 0 Å². The molecule has 4 aromatic rings. The SMILES string of the molecule is Cc1c(-c2cccc[n+]2C)cc(C(C)(C)C)cc1-[n+]1c(C)ccc2ccccc21. The molecule has 0 aliphatic carbocycles. The van der Waals surface area contributed by atoms with Gasteiger partial charge >= 0.3 is 0 Å². The third-order valence-electron chi connectivity index (χ3n) is 5.85. The third kappa shape index (κ3) is 3.44. The van der Waals surface area contributed by atoms with Crippen molar-refractivity contribution in [3.63, 3.8) is 0 Å². The molecule has 0 amide bonds. The molecule has 0 aliphatic heterocycles. The van der Waals surface area contributed by atoms with Crippen molar-refractivity contribution in [3.8, 4) is 16.9 Å². The molecule has 0 spiro atoms. The zero-order valence-corrected chi connectivity index (χ0v) is 18.3. The minimum Gasteiger partial charge on any atom is -0.201 e. The molecule has 0 N–H and O–H groups in total. The van der Waals surface area contributed by atoms with Crippen LogP contribution in [0.4, 0.5) is 0 Å². The summed E-state index contributed by atoms with van der Waals surface area (Å²) < 4.78 is 4.62. The molecule has 2 heteroatoms. The Balaban J connectivity index is 2.12. The van der Waals surface area contributed by atoms with Crippen LogP contribution in [-0.2, 0) is 12.5 Å². The molecule has 0 fully saturated rings. The van der Waals surface area contributed by atoms with Crippen molar-refractivity contribution in [3.05, 3.63) is 89.7 Å². The Labute approximate surface area is 174 Å². The van der Waals surface area contributed by atoms with Crippen molar-refractivity contribution < 1.29 is 9.13 Å². The quantitative estimate of drug-likeness (QED) is 0.403. The van der Waals surface area contributed by atoms with Gasteiger partial charge in [-0.3, -0.25) is 0 Å². The van der Waals surface area contributed by atoms with Crippen LogP contribution in [0, 0.1) is 13.8 Å². The summed E-state index contributed by atoms with van der Waals surface area (Å²) in [5.74, 6) is 0. The monoisotopic (exact) mass is 382 g/mol. The zero-order chi connectivity index (χ0) is 20.8. The van der Waals surface area contributed by atoms with E-state index in [4.69, 9.17) is 0 Å². The zero-order valence-electron chi connectivity index (χ0n) is 18.3. The fourth-order valence-electron chi connectivity index (χ4n) is 4.06. The summed E-state index contributed by atoms with van der Waals surface area (Å²) in [5.41, 5.74) is 8.95. The highest BCUT2D eigenvalue weighted by Crippen LogP contribution is 2.32. The van der Waals surface area contributed by atoms with Gasteiger partial charge in [0.15, 0.2) is 11.9 Å². The number of nitrogens with zero attached hydrogens (tertiary/aromatic N) is 2. The molecule has 0 radical (unpaired) electrons. The summed E-state index contributed by atoms with van der Waals surface area (Å²) in [6, 6.07) is 24.2. The third-order valence-corrected chi connectivity index (χ3v) is 5.85. The maximum absolute atomic E-state index is 2.41. The number of rotatable bonds is 2. The number of hydrogen-bond acceptors (Lipinski definition) is 0. The summed E-state index contributed by atoms with van der Waals surface area (Å²) in [5, 5.41) is 1.26. The highest BCUT2D eigenvalue weighted by molar-refractivity contribution is 5.76. The number of fused-ring (bicyclic) bond motifs is 1. The molecule has 2 heterocycles. The molecule has 2 nitrogen and oxygen atoms in total. The van der Waals surface area contributed by atoms with Gasteiger partial charge in [-0.1, -0.05) is 32.9 Å². The first-order valence-corrected chi connectivity index (χ1v) is 10.3. The van der Waals surface area contributed by atoms with Crippen molar-refractivity contribution in [1.29, 1.82) is 0 Å². The van der Waals surface area contributed by atoms with E-state index >= 15 is 0 Å². The summed E-state index contributed by atoms with van der Waals surface area (Å²) in [6.45, 7) is 11.3. The molecule has 0 bridgehead atoms. The first-order chi connectivity index (χ1) is 13.8. The molecule has 0 unspecified atom stereocenters. The van der Waals surface area contributed by atoms with E-state index in [1.54, 1.807) is 0 Å². The van der Waals surface area contributed by atoms with E-state index < -0.39 is 0 Å². The van der Waals surface area contributed by atoms with Crippen LogP contribution in [0.25, 0.3) is 27.8 Å². The van der Waals surface area contributed by atoms with Gasteiger partial charge in [0.05, 0.1) is 5.56 Å². The highest BCUT2D eigenvalue weighted by Gasteiger charge is 2.27. The fourth-order valence-corrected chi connectivity index (χ4v) is 4.06. The average molecular weight is 383 g/mol. The van der Waals surface area contributed by atoms with Crippen LogP contribution < -0.4 is 9.13 Å². The topological polar surface area (TPSA) is 7.76 Å². The second-order valence-electron chi connectivity index (χ2n) is 8.98. The van der Waals surface area contributed by atoms with Gasteiger partial charge < -0.3 is 0 Å². The number of para-hydroxylation sites is 1. The normalized spacial score (nSPS) is 11.8. The van der Waals surface area contributed by atoms with Gasteiger partial charge in [0.2, 0.25) is 16.9 Å². The van der Waals surface area contributed by atoms with Gasteiger partial charge in [-0.15, -0.1) is 0 Å². The molecule has 0 saturated carbocycles. The lowest BCUT2D eigenvalue weighted by atomic mass is 9.84. The van der Waals surface area contributed by atoms with E-state index in [-0.39, 0.29) is 5.41 Å². The maximum atomic E-state index is 2.41. The second kappa shape index (κ2) is 7.11. The van der Waals surface area contributed by atoms with Crippen LogP contribution >= 0.6 is 0 Å². The lowest BCUT2D eigenvalue weighted by Gasteiger charge is -2.21. The van der Waals surface area contributed by atoms with Crippen molar-refractivity contribution in [2.75, 3.05) is 0 Å². The van der Waals surface area contributed by atoms with E-state index in [9.17, 15) is 0 Å². The molecular weight excluding hydrogens is 352 g/mol. The largest absolute Gasteiger partial charge is 0.218 e. The Morgan fingerprint density at radius 2 is 1.52 bits per heavy atom. The van der Waals surface area contributed by atoms with Crippen LogP contribution in [0.2, 0.25) is 0 Å². The van der Waals surface area contributed by atoms with Crippen molar-refractivity contribution in [1.82, 2.24) is 0 Å². The first kappa shape index (κ1) is 19.3. The van der Waals surface area contributed by atoms with Crippen LogP contribution in [0.5, 0.6) is 0 Å². The molecule has 0 atom stereocenters. The Morgan fingerprint density at radius 1 is 0.793 bits per heavy atom. The van der Waals surface area contributed by atoms with Crippen LogP contribution in [0.3, 0.4) is 0 Å². The van der Waals surface area contributed by atoms with E-state index in [1.165, 1.54) is 44.7 Å². The molecule has 2 aromatic carbocycles. The Morgan fingerprint density at radius 3 is 2.24 bits per heavy atom. The average Bonchev–Trinajstić information content (AvgIpc) is 2.68. The van der Waals surface area contributed by atoms with Gasteiger partial charge in [-0.2, -0.15) is 4.57 Å².